The molecule has 2 aromatic rings. The molecule has 0 aliphatic rings. The third kappa shape index (κ3) is 2.92. The van der Waals surface area contributed by atoms with Crippen molar-refractivity contribution in [2.24, 2.45) is 0 Å². The lowest BCUT2D eigenvalue weighted by Gasteiger charge is -2.02. The van der Waals surface area contributed by atoms with Crippen LogP contribution < -0.4 is 0 Å². The Balaban J connectivity index is 2.11. The van der Waals surface area contributed by atoms with Crippen molar-refractivity contribution < 1.29 is 14.9 Å². The van der Waals surface area contributed by atoms with Gasteiger partial charge in [0.25, 0.3) is 0 Å². The minimum Gasteiger partial charge on any atom is -0.296 e. The average molecular weight is 228 g/mol. The number of rotatable bonds is 3. The highest BCUT2D eigenvalue weighted by molar-refractivity contribution is 5.88. The number of carbonyl (C=O) groups excluding carboxylic acids is 1. The van der Waals surface area contributed by atoms with Gasteiger partial charge in [0.1, 0.15) is 0 Å². The minimum absolute atomic E-state index is 0.337. The summed E-state index contributed by atoms with van der Waals surface area (Å²) in [5.41, 5.74) is 2.65. The first-order chi connectivity index (χ1) is 8.29. The van der Waals surface area contributed by atoms with E-state index < -0.39 is 5.97 Å². The van der Waals surface area contributed by atoms with Gasteiger partial charge in [-0.05, 0) is 29.7 Å². The monoisotopic (exact) mass is 228 g/mol. The lowest BCUT2D eigenvalue weighted by molar-refractivity contribution is -0.182. The summed E-state index contributed by atoms with van der Waals surface area (Å²) >= 11 is 0. The minimum atomic E-state index is -0.740. The van der Waals surface area contributed by atoms with Crippen molar-refractivity contribution in [1.29, 1.82) is 0 Å². The molecule has 0 amide bonds. The highest BCUT2D eigenvalue weighted by Crippen LogP contribution is 2.11. The first-order valence-corrected chi connectivity index (χ1v) is 5.28. The summed E-state index contributed by atoms with van der Waals surface area (Å²) in [5, 5.41) is 8.24. The summed E-state index contributed by atoms with van der Waals surface area (Å²) in [6.45, 7) is 0. The number of carbonyl (C=O) groups is 1. The van der Waals surface area contributed by atoms with Crippen molar-refractivity contribution >= 4 is 5.97 Å². The Morgan fingerprint density at radius 2 is 1.53 bits per heavy atom. The highest BCUT2D eigenvalue weighted by atomic mass is 17.1. The van der Waals surface area contributed by atoms with Gasteiger partial charge in [-0.2, -0.15) is 5.26 Å². The van der Waals surface area contributed by atoms with Crippen LogP contribution in [0.3, 0.4) is 0 Å². The molecule has 2 aromatic carbocycles. The smallest absolute Gasteiger partial charge is 0.296 e. The molecule has 3 heteroatoms. The Kier molecular flexibility index (Phi) is 3.52. The van der Waals surface area contributed by atoms with Gasteiger partial charge in [-0.25, -0.2) is 4.79 Å². The zero-order valence-corrected chi connectivity index (χ0v) is 9.17. The third-order valence-electron chi connectivity index (χ3n) is 2.52. The fourth-order valence-electron chi connectivity index (χ4n) is 1.64. The quantitative estimate of drug-likeness (QED) is 0.649. The standard InChI is InChI=1S/C14H12O3/c15-14(17-16)13-8-6-12(7-9-13)10-11-4-2-1-3-5-11/h1-9,16H,10H2. The molecule has 0 atom stereocenters. The molecule has 0 saturated carbocycles. The van der Waals surface area contributed by atoms with Crippen molar-refractivity contribution in [1.82, 2.24) is 0 Å². The molecule has 0 spiro atoms. The predicted octanol–water partition coefficient (Wildman–Crippen LogP) is 2.91. The molecule has 17 heavy (non-hydrogen) atoms. The molecule has 1 N–H and O–H groups in total. The van der Waals surface area contributed by atoms with Gasteiger partial charge >= 0.3 is 5.97 Å². The molecular weight excluding hydrogens is 216 g/mol. The van der Waals surface area contributed by atoms with Crippen LogP contribution in [0.25, 0.3) is 0 Å². The molecule has 0 heterocycles. The second-order valence-corrected chi connectivity index (χ2v) is 3.74. The van der Waals surface area contributed by atoms with Crippen molar-refractivity contribution in [2.75, 3.05) is 0 Å². The Morgan fingerprint density at radius 3 is 2.12 bits per heavy atom. The lowest BCUT2D eigenvalue weighted by atomic mass is 10.0. The first-order valence-electron chi connectivity index (χ1n) is 5.28. The van der Waals surface area contributed by atoms with Gasteiger partial charge < -0.3 is 0 Å². The van der Waals surface area contributed by atoms with Crippen LogP contribution in [0.1, 0.15) is 21.5 Å². The summed E-state index contributed by atoms with van der Waals surface area (Å²) in [7, 11) is 0. The van der Waals surface area contributed by atoms with Crippen LogP contribution in [-0.2, 0) is 11.3 Å². The van der Waals surface area contributed by atoms with Crippen molar-refractivity contribution in [3.8, 4) is 0 Å². The van der Waals surface area contributed by atoms with Crippen LogP contribution >= 0.6 is 0 Å². The third-order valence-corrected chi connectivity index (χ3v) is 2.52. The number of hydrogen-bond donors (Lipinski definition) is 1. The molecule has 0 aliphatic heterocycles. The molecule has 0 bridgehead atoms. The fraction of sp³-hybridized carbons (Fsp3) is 0.0714. The average Bonchev–Trinajstić information content (AvgIpc) is 2.40. The van der Waals surface area contributed by atoms with E-state index in [1.807, 2.05) is 30.3 Å². The molecule has 0 radical (unpaired) electrons. The maximum atomic E-state index is 11.0. The fourth-order valence-corrected chi connectivity index (χ4v) is 1.64. The van der Waals surface area contributed by atoms with Crippen molar-refractivity contribution in [3.63, 3.8) is 0 Å². The Hall–Kier alpha value is -2.13. The van der Waals surface area contributed by atoms with Gasteiger partial charge in [-0.3, -0.25) is 4.89 Å². The number of benzene rings is 2. The SMILES string of the molecule is O=C(OO)c1ccc(Cc2ccccc2)cc1. The topological polar surface area (TPSA) is 46.5 Å². The van der Waals surface area contributed by atoms with E-state index in [-0.39, 0.29) is 0 Å². The summed E-state index contributed by atoms with van der Waals surface area (Å²) in [4.78, 5) is 14.7. The zero-order valence-electron chi connectivity index (χ0n) is 9.17. The molecule has 0 aromatic heterocycles. The van der Waals surface area contributed by atoms with Gasteiger partial charge in [0.15, 0.2) is 0 Å². The second-order valence-electron chi connectivity index (χ2n) is 3.74. The molecule has 0 fully saturated rings. The maximum Gasteiger partial charge on any atom is 0.372 e. The highest BCUT2D eigenvalue weighted by Gasteiger charge is 2.05. The summed E-state index contributed by atoms with van der Waals surface area (Å²) in [5.74, 6) is -0.740. The summed E-state index contributed by atoms with van der Waals surface area (Å²) in [6, 6.07) is 17.0. The summed E-state index contributed by atoms with van der Waals surface area (Å²) in [6.07, 6.45) is 0.815. The molecule has 86 valence electrons. The van der Waals surface area contributed by atoms with Gasteiger partial charge in [0.05, 0.1) is 5.56 Å². The van der Waals surface area contributed by atoms with Gasteiger partial charge in [0.2, 0.25) is 0 Å². The molecule has 0 unspecified atom stereocenters. The number of hydrogen-bond acceptors (Lipinski definition) is 3. The normalized spacial score (nSPS) is 9.94. The van der Waals surface area contributed by atoms with E-state index in [9.17, 15) is 4.79 Å². The van der Waals surface area contributed by atoms with E-state index in [0.29, 0.717) is 5.56 Å². The van der Waals surface area contributed by atoms with Gasteiger partial charge in [-0.15, -0.1) is 0 Å². The van der Waals surface area contributed by atoms with E-state index in [0.717, 1.165) is 12.0 Å². The maximum absolute atomic E-state index is 11.0. The van der Waals surface area contributed by atoms with E-state index in [1.54, 1.807) is 12.1 Å². The van der Waals surface area contributed by atoms with Crippen LogP contribution in [-0.4, -0.2) is 11.2 Å². The van der Waals surface area contributed by atoms with Crippen LogP contribution in [0.2, 0.25) is 0 Å². The molecule has 0 aliphatic carbocycles. The van der Waals surface area contributed by atoms with Crippen LogP contribution in [0.4, 0.5) is 0 Å². The van der Waals surface area contributed by atoms with E-state index >= 15 is 0 Å². The Labute approximate surface area is 99.2 Å². The van der Waals surface area contributed by atoms with Crippen molar-refractivity contribution in [2.45, 2.75) is 6.42 Å². The molecule has 2 rings (SSSR count). The lowest BCUT2D eigenvalue weighted by Crippen LogP contribution is -2.01. The Bertz CT molecular complexity index is 489. The first kappa shape index (κ1) is 11.4. The van der Waals surface area contributed by atoms with Crippen LogP contribution in [0.5, 0.6) is 0 Å². The van der Waals surface area contributed by atoms with Gasteiger partial charge in [0, 0.05) is 0 Å². The van der Waals surface area contributed by atoms with E-state index in [4.69, 9.17) is 5.26 Å². The predicted molar refractivity (Wildman–Crippen MR) is 63.7 cm³/mol. The summed E-state index contributed by atoms with van der Waals surface area (Å²) < 4.78 is 0. The van der Waals surface area contributed by atoms with Crippen LogP contribution in [0.15, 0.2) is 54.6 Å². The van der Waals surface area contributed by atoms with E-state index in [2.05, 4.69) is 17.0 Å². The zero-order chi connectivity index (χ0) is 12.1. The van der Waals surface area contributed by atoms with Gasteiger partial charge in [-0.1, -0.05) is 42.5 Å². The molecular formula is C14H12O3. The Morgan fingerprint density at radius 1 is 0.941 bits per heavy atom. The van der Waals surface area contributed by atoms with E-state index in [1.165, 1.54) is 5.56 Å². The molecule has 3 nitrogen and oxygen atoms in total. The van der Waals surface area contributed by atoms with Crippen molar-refractivity contribution in [3.05, 3.63) is 71.3 Å². The molecule has 0 saturated heterocycles. The largest absolute Gasteiger partial charge is 0.372 e. The second kappa shape index (κ2) is 5.27. The van der Waals surface area contributed by atoms with Crippen LogP contribution in [0, 0.1) is 0 Å².